The lowest BCUT2D eigenvalue weighted by Gasteiger charge is -2.39. The van der Waals surface area contributed by atoms with E-state index in [2.05, 4.69) is 13.8 Å². The Hall–Kier alpha value is -0.0400. The van der Waals surface area contributed by atoms with Gasteiger partial charge in [0.1, 0.15) is 0 Å². The molecule has 0 aromatic carbocycles. The predicted molar refractivity (Wildman–Crippen MR) is 47.4 cm³/mol. The van der Waals surface area contributed by atoms with Crippen molar-refractivity contribution >= 4 is 0 Å². The molecule has 66 valence electrons. The highest BCUT2D eigenvalue weighted by molar-refractivity contribution is 4.87. The molecule has 0 aromatic rings. The van der Waals surface area contributed by atoms with Crippen LogP contribution in [0.25, 0.3) is 0 Å². The molecule has 2 atom stereocenters. The average molecular weight is 156 g/mol. The second kappa shape index (κ2) is 3.14. The van der Waals surface area contributed by atoms with Crippen molar-refractivity contribution in [1.29, 1.82) is 0 Å². The van der Waals surface area contributed by atoms with Crippen LogP contribution in [0.4, 0.5) is 0 Å². The maximum Gasteiger partial charge on any atom is 0.0650 e. The molecule has 11 heavy (non-hydrogen) atoms. The molecule has 1 N–H and O–H groups in total. The Morgan fingerprint density at radius 2 is 2.00 bits per heavy atom. The maximum absolute atomic E-state index is 10.0. The van der Waals surface area contributed by atoms with Gasteiger partial charge in [-0.05, 0) is 31.6 Å². The first-order valence-corrected chi connectivity index (χ1v) is 4.76. The smallest absolute Gasteiger partial charge is 0.0650 e. The summed E-state index contributed by atoms with van der Waals surface area (Å²) in [5, 5.41) is 10.0. The molecular formula is C10H20O. The monoisotopic (exact) mass is 156 g/mol. The molecule has 1 aliphatic carbocycles. The van der Waals surface area contributed by atoms with Crippen LogP contribution in [0, 0.1) is 11.8 Å². The largest absolute Gasteiger partial charge is 0.390 e. The van der Waals surface area contributed by atoms with Gasteiger partial charge in [0.25, 0.3) is 0 Å². The number of hydrogen-bond acceptors (Lipinski definition) is 1. The fourth-order valence-corrected chi connectivity index (χ4v) is 2.39. The molecule has 0 amide bonds. The van der Waals surface area contributed by atoms with Crippen molar-refractivity contribution in [2.75, 3.05) is 0 Å². The molecule has 1 aliphatic rings. The minimum absolute atomic E-state index is 0.383. The van der Waals surface area contributed by atoms with Crippen molar-refractivity contribution in [2.24, 2.45) is 11.8 Å². The van der Waals surface area contributed by atoms with Crippen molar-refractivity contribution in [3.05, 3.63) is 0 Å². The molecule has 1 fully saturated rings. The number of hydrogen-bond donors (Lipinski definition) is 1. The lowest BCUT2D eigenvalue weighted by atomic mass is 9.71. The molecule has 1 unspecified atom stereocenters. The van der Waals surface area contributed by atoms with E-state index < -0.39 is 0 Å². The molecule has 0 aliphatic heterocycles. The van der Waals surface area contributed by atoms with E-state index in [4.69, 9.17) is 0 Å². The van der Waals surface area contributed by atoms with Crippen LogP contribution in [0.2, 0.25) is 0 Å². The number of aliphatic hydroxyl groups is 1. The zero-order chi connectivity index (χ0) is 8.48. The summed E-state index contributed by atoms with van der Waals surface area (Å²) in [6, 6.07) is 0. The van der Waals surface area contributed by atoms with Crippen LogP contribution in [0.5, 0.6) is 0 Å². The molecule has 1 nitrogen and oxygen atoms in total. The van der Waals surface area contributed by atoms with Crippen molar-refractivity contribution < 1.29 is 5.11 Å². The van der Waals surface area contributed by atoms with Crippen LogP contribution >= 0.6 is 0 Å². The zero-order valence-electron chi connectivity index (χ0n) is 7.93. The first kappa shape index (κ1) is 9.05. The van der Waals surface area contributed by atoms with Gasteiger partial charge in [0.15, 0.2) is 0 Å². The third kappa shape index (κ3) is 1.96. The van der Waals surface area contributed by atoms with Gasteiger partial charge in [-0.15, -0.1) is 0 Å². The third-order valence-electron chi connectivity index (χ3n) is 3.05. The minimum Gasteiger partial charge on any atom is -0.390 e. The second-order valence-electron chi connectivity index (χ2n) is 4.45. The molecule has 0 spiro atoms. The molecule has 1 rings (SSSR count). The minimum atomic E-state index is -0.383. The van der Waals surface area contributed by atoms with Crippen LogP contribution < -0.4 is 0 Å². The molecule has 1 heteroatoms. The summed E-state index contributed by atoms with van der Waals surface area (Å²) in [5.41, 5.74) is -0.383. The van der Waals surface area contributed by atoms with E-state index in [-0.39, 0.29) is 5.60 Å². The standard InChI is InChI=1S/C10H20O/c1-8(2)9-6-4-5-7-10(9,3)11/h8-9,11H,4-7H2,1-3H3/t9?,10-/m0/s1. The SMILES string of the molecule is CC(C)C1CCCC[C@]1(C)O. The van der Waals surface area contributed by atoms with Crippen LogP contribution in [0.1, 0.15) is 46.5 Å². The van der Waals surface area contributed by atoms with Crippen molar-refractivity contribution in [2.45, 2.75) is 52.1 Å². The highest BCUT2D eigenvalue weighted by Crippen LogP contribution is 2.37. The molecule has 0 heterocycles. The first-order valence-electron chi connectivity index (χ1n) is 4.76. The Balaban J connectivity index is 2.60. The van der Waals surface area contributed by atoms with Gasteiger partial charge in [0.05, 0.1) is 5.60 Å². The second-order valence-corrected chi connectivity index (χ2v) is 4.45. The molecule has 0 saturated heterocycles. The molecule has 0 aromatic heterocycles. The van der Waals surface area contributed by atoms with E-state index in [1.165, 1.54) is 19.3 Å². The normalized spacial score (nSPS) is 39.5. The lowest BCUT2D eigenvalue weighted by molar-refractivity contribution is -0.0500. The summed E-state index contributed by atoms with van der Waals surface area (Å²) in [5.74, 6) is 1.15. The zero-order valence-corrected chi connectivity index (χ0v) is 7.93. The third-order valence-corrected chi connectivity index (χ3v) is 3.05. The Kier molecular flexibility index (Phi) is 2.58. The molecular weight excluding hydrogens is 136 g/mol. The van der Waals surface area contributed by atoms with E-state index in [9.17, 15) is 5.11 Å². The van der Waals surface area contributed by atoms with E-state index in [0.717, 1.165) is 6.42 Å². The van der Waals surface area contributed by atoms with Crippen molar-refractivity contribution in [3.8, 4) is 0 Å². The van der Waals surface area contributed by atoms with E-state index in [0.29, 0.717) is 11.8 Å². The fraction of sp³-hybridized carbons (Fsp3) is 1.00. The van der Waals surface area contributed by atoms with Gasteiger partial charge in [0, 0.05) is 0 Å². The van der Waals surface area contributed by atoms with Crippen molar-refractivity contribution in [3.63, 3.8) is 0 Å². The van der Waals surface area contributed by atoms with Crippen LogP contribution in [-0.2, 0) is 0 Å². The first-order chi connectivity index (χ1) is 5.04. The van der Waals surface area contributed by atoms with Gasteiger partial charge in [-0.25, -0.2) is 0 Å². The topological polar surface area (TPSA) is 20.2 Å². The highest BCUT2D eigenvalue weighted by Gasteiger charge is 2.35. The Bertz CT molecular complexity index is 127. The van der Waals surface area contributed by atoms with Crippen LogP contribution in [0.15, 0.2) is 0 Å². The van der Waals surface area contributed by atoms with Crippen LogP contribution in [-0.4, -0.2) is 10.7 Å². The van der Waals surface area contributed by atoms with Crippen LogP contribution in [0.3, 0.4) is 0 Å². The van der Waals surface area contributed by atoms with Gasteiger partial charge in [0.2, 0.25) is 0 Å². The summed E-state index contributed by atoms with van der Waals surface area (Å²) in [7, 11) is 0. The summed E-state index contributed by atoms with van der Waals surface area (Å²) in [6.45, 7) is 6.42. The Morgan fingerprint density at radius 1 is 1.36 bits per heavy atom. The van der Waals surface area contributed by atoms with Gasteiger partial charge >= 0.3 is 0 Å². The van der Waals surface area contributed by atoms with E-state index in [1.54, 1.807) is 0 Å². The summed E-state index contributed by atoms with van der Waals surface area (Å²) in [4.78, 5) is 0. The van der Waals surface area contributed by atoms with Gasteiger partial charge in [-0.1, -0.05) is 26.7 Å². The Morgan fingerprint density at radius 3 is 2.36 bits per heavy atom. The maximum atomic E-state index is 10.0. The summed E-state index contributed by atoms with van der Waals surface area (Å²) < 4.78 is 0. The molecule has 0 bridgehead atoms. The fourth-order valence-electron chi connectivity index (χ4n) is 2.39. The van der Waals surface area contributed by atoms with E-state index >= 15 is 0 Å². The van der Waals surface area contributed by atoms with Gasteiger partial charge < -0.3 is 5.11 Å². The number of rotatable bonds is 1. The van der Waals surface area contributed by atoms with Gasteiger partial charge in [-0.2, -0.15) is 0 Å². The highest BCUT2D eigenvalue weighted by atomic mass is 16.3. The average Bonchev–Trinajstić information content (AvgIpc) is 1.85. The van der Waals surface area contributed by atoms with Crippen molar-refractivity contribution in [1.82, 2.24) is 0 Å². The quantitative estimate of drug-likeness (QED) is 0.618. The predicted octanol–water partition coefficient (Wildman–Crippen LogP) is 2.58. The lowest BCUT2D eigenvalue weighted by Crippen LogP contribution is -2.40. The summed E-state index contributed by atoms with van der Waals surface area (Å²) in [6.07, 6.45) is 4.72. The summed E-state index contributed by atoms with van der Waals surface area (Å²) >= 11 is 0. The Labute approximate surface area is 69.8 Å². The van der Waals surface area contributed by atoms with Gasteiger partial charge in [-0.3, -0.25) is 0 Å². The molecule has 1 saturated carbocycles. The molecule has 0 radical (unpaired) electrons. The van der Waals surface area contributed by atoms with E-state index in [1.807, 2.05) is 6.92 Å².